The zero-order valence-electron chi connectivity index (χ0n) is 18.8. The van der Waals surface area contributed by atoms with Crippen LogP contribution in [-0.4, -0.2) is 40.7 Å². The molecule has 0 saturated heterocycles. The number of aromatic amines is 1. The van der Waals surface area contributed by atoms with Crippen LogP contribution in [-0.2, 0) is 22.7 Å². The van der Waals surface area contributed by atoms with E-state index in [1.54, 1.807) is 7.11 Å². The van der Waals surface area contributed by atoms with Crippen LogP contribution in [0.4, 0.5) is 0 Å². The van der Waals surface area contributed by atoms with Crippen LogP contribution in [0.2, 0.25) is 0 Å². The first-order valence-electron chi connectivity index (χ1n) is 11.2. The molecule has 0 radical (unpaired) electrons. The number of hydrogen-bond acceptors (Lipinski definition) is 7. The van der Waals surface area contributed by atoms with Crippen LogP contribution in [0.1, 0.15) is 47.4 Å². The number of nitrogens with zero attached hydrogens (tertiary/aromatic N) is 1. The summed E-state index contributed by atoms with van der Waals surface area (Å²) in [6.45, 7) is 1.07. The van der Waals surface area contributed by atoms with E-state index >= 15 is 0 Å². The van der Waals surface area contributed by atoms with E-state index in [2.05, 4.69) is 15.3 Å². The van der Waals surface area contributed by atoms with Crippen LogP contribution in [0.5, 0.6) is 5.75 Å². The normalized spacial score (nSPS) is 18.0. The van der Waals surface area contributed by atoms with Gasteiger partial charge in [-0.05, 0) is 54.7 Å². The van der Waals surface area contributed by atoms with Crippen LogP contribution in [0, 0.1) is 11.8 Å². The largest absolute Gasteiger partial charge is 0.497 e. The van der Waals surface area contributed by atoms with E-state index in [9.17, 15) is 14.4 Å². The first kappa shape index (κ1) is 23.9. The summed E-state index contributed by atoms with van der Waals surface area (Å²) in [5.74, 6) is -0.444. The Morgan fingerprint density at radius 3 is 2.79 bits per heavy atom. The van der Waals surface area contributed by atoms with Crippen molar-refractivity contribution in [2.75, 3.05) is 13.7 Å². The molecular formula is C24H27N3O6S. The number of methoxy groups -OCH3 is 1. The summed E-state index contributed by atoms with van der Waals surface area (Å²) in [4.78, 5) is 43.8. The molecule has 9 nitrogen and oxygen atoms in total. The minimum Gasteiger partial charge on any atom is -0.497 e. The van der Waals surface area contributed by atoms with Gasteiger partial charge in [0, 0.05) is 18.7 Å². The first-order valence-corrected chi connectivity index (χ1v) is 12.0. The second-order valence-electron chi connectivity index (χ2n) is 8.46. The highest BCUT2D eigenvalue weighted by atomic mass is 32.1. The van der Waals surface area contributed by atoms with Gasteiger partial charge in [-0.2, -0.15) is 0 Å². The second kappa shape index (κ2) is 10.8. The van der Waals surface area contributed by atoms with Gasteiger partial charge in [-0.3, -0.25) is 14.4 Å². The molecule has 0 atom stereocenters. The molecule has 3 aromatic rings. The van der Waals surface area contributed by atoms with Gasteiger partial charge in [0.05, 0.1) is 25.0 Å². The number of aromatic nitrogens is 2. The van der Waals surface area contributed by atoms with E-state index < -0.39 is 11.9 Å². The number of benzene rings is 1. The smallest absolute Gasteiger partial charge is 0.306 e. The molecule has 180 valence electrons. The number of aliphatic carboxylic acids is 1. The van der Waals surface area contributed by atoms with Gasteiger partial charge in [0.15, 0.2) is 0 Å². The molecule has 0 aliphatic heterocycles. The molecule has 1 aliphatic rings. The highest BCUT2D eigenvalue weighted by Crippen LogP contribution is 2.29. The van der Waals surface area contributed by atoms with Gasteiger partial charge in [-0.25, -0.2) is 4.98 Å². The fourth-order valence-electron chi connectivity index (χ4n) is 4.18. The zero-order chi connectivity index (χ0) is 24.1. The zero-order valence-corrected chi connectivity index (χ0v) is 19.7. The Hall–Kier alpha value is -3.24. The third-order valence-electron chi connectivity index (χ3n) is 6.13. The van der Waals surface area contributed by atoms with Gasteiger partial charge in [-0.1, -0.05) is 12.1 Å². The molecule has 0 bridgehead atoms. The molecule has 2 heterocycles. The molecule has 1 aromatic carbocycles. The maximum Gasteiger partial charge on any atom is 0.306 e. The molecule has 1 saturated carbocycles. The quantitative estimate of drug-likeness (QED) is 0.424. The van der Waals surface area contributed by atoms with Crippen molar-refractivity contribution in [3.63, 3.8) is 0 Å². The van der Waals surface area contributed by atoms with E-state index in [0.717, 1.165) is 24.0 Å². The molecule has 2 aromatic heterocycles. The molecule has 4 rings (SSSR count). The summed E-state index contributed by atoms with van der Waals surface area (Å²) in [6.07, 6.45) is 3.02. The number of nitrogens with one attached hydrogen (secondary N) is 2. The molecule has 1 fully saturated rings. The van der Waals surface area contributed by atoms with Gasteiger partial charge in [0.25, 0.3) is 11.5 Å². The number of hydrogen-bond donors (Lipinski definition) is 3. The summed E-state index contributed by atoms with van der Waals surface area (Å²) in [5.41, 5.74) is 1.22. The minimum atomic E-state index is -0.718. The average Bonchev–Trinajstić information content (AvgIpc) is 3.26. The van der Waals surface area contributed by atoms with Crippen molar-refractivity contribution in [2.24, 2.45) is 11.8 Å². The number of ether oxygens (including phenoxy) is 2. The van der Waals surface area contributed by atoms with Crippen LogP contribution < -0.4 is 15.6 Å². The van der Waals surface area contributed by atoms with E-state index in [0.29, 0.717) is 41.3 Å². The Kier molecular flexibility index (Phi) is 7.59. The number of amides is 1. The number of carboxylic acid groups (broad SMARTS) is 1. The average molecular weight is 486 g/mol. The number of rotatable bonds is 9. The second-order valence-corrected chi connectivity index (χ2v) is 9.32. The van der Waals surface area contributed by atoms with Gasteiger partial charge >= 0.3 is 5.97 Å². The van der Waals surface area contributed by atoms with E-state index in [-0.39, 0.29) is 30.5 Å². The maximum atomic E-state index is 12.7. The van der Waals surface area contributed by atoms with Crippen molar-refractivity contribution in [2.45, 2.75) is 38.8 Å². The van der Waals surface area contributed by atoms with Crippen molar-refractivity contribution in [3.8, 4) is 5.75 Å². The molecule has 1 amide bonds. The van der Waals surface area contributed by atoms with Crippen LogP contribution in [0.25, 0.3) is 10.2 Å². The van der Waals surface area contributed by atoms with Crippen molar-refractivity contribution in [3.05, 3.63) is 57.0 Å². The van der Waals surface area contributed by atoms with Gasteiger partial charge in [0.2, 0.25) is 5.82 Å². The topological polar surface area (TPSA) is 131 Å². The number of H-pyrrole nitrogens is 1. The molecule has 3 N–H and O–H groups in total. The predicted octanol–water partition coefficient (Wildman–Crippen LogP) is 3.33. The lowest BCUT2D eigenvalue weighted by atomic mass is 9.82. The summed E-state index contributed by atoms with van der Waals surface area (Å²) in [7, 11) is 1.58. The fraction of sp³-hybridized carbons (Fsp3) is 0.417. The SMILES string of the molecule is COc1cccc(CNC(=O)c2nc3scc(COCC4CCC(C(=O)O)CC4)c3c(=O)[nH]2)c1. The number of carboxylic acids is 1. The summed E-state index contributed by atoms with van der Waals surface area (Å²) < 4.78 is 11.0. The third kappa shape index (κ3) is 5.63. The Morgan fingerprint density at radius 1 is 1.26 bits per heavy atom. The predicted molar refractivity (Wildman–Crippen MR) is 127 cm³/mol. The van der Waals surface area contributed by atoms with Crippen molar-refractivity contribution < 1.29 is 24.2 Å². The van der Waals surface area contributed by atoms with Gasteiger partial charge < -0.3 is 24.9 Å². The lowest BCUT2D eigenvalue weighted by Gasteiger charge is -2.25. The minimum absolute atomic E-state index is 0.0371. The van der Waals surface area contributed by atoms with Gasteiger partial charge in [-0.15, -0.1) is 11.3 Å². The van der Waals surface area contributed by atoms with E-state index in [4.69, 9.17) is 14.6 Å². The van der Waals surface area contributed by atoms with E-state index in [1.807, 2.05) is 29.6 Å². The molecule has 1 aliphatic carbocycles. The lowest BCUT2D eigenvalue weighted by molar-refractivity contribution is -0.143. The van der Waals surface area contributed by atoms with Crippen molar-refractivity contribution in [1.82, 2.24) is 15.3 Å². The Bertz CT molecular complexity index is 1230. The number of carbonyl (C=O) groups excluding carboxylic acids is 1. The summed E-state index contributed by atoms with van der Waals surface area (Å²) in [6, 6.07) is 7.34. The molecule has 0 spiro atoms. The first-order chi connectivity index (χ1) is 16.4. The Morgan fingerprint density at radius 2 is 2.06 bits per heavy atom. The number of thiophene rings is 1. The Balaban J connectivity index is 1.35. The molecule has 34 heavy (non-hydrogen) atoms. The van der Waals surface area contributed by atoms with Crippen molar-refractivity contribution >= 4 is 33.4 Å². The standard InChI is InChI=1S/C24H27N3O6S/c1-32-18-4-2-3-15(9-18)10-25-22(29)20-26-21(28)19-17(13-34-23(19)27-20)12-33-11-14-5-7-16(8-6-14)24(30)31/h2-4,9,13-14,16H,5-8,10-12H2,1H3,(H,25,29)(H,30,31)(H,26,27,28). The number of fused-ring (bicyclic) bond motifs is 1. The van der Waals surface area contributed by atoms with Gasteiger partial charge in [0.1, 0.15) is 10.6 Å². The van der Waals surface area contributed by atoms with Crippen LogP contribution in [0.3, 0.4) is 0 Å². The van der Waals surface area contributed by atoms with Crippen molar-refractivity contribution in [1.29, 1.82) is 0 Å². The fourth-order valence-corrected chi connectivity index (χ4v) is 5.11. The summed E-state index contributed by atoms with van der Waals surface area (Å²) >= 11 is 1.30. The van der Waals surface area contributed by atoms with Crippen LogP contribution >= 0.6 is 11.3 Å². The van der Waals surface area contributed by atoms with Crippen LogP contribution in [0.15, 0.2) is 34.4 Å². The number of carbonyl (C=O) groups is 2. The molecule has 10 heteroatoms. The highest BCUT2D eigenvalue weighted by molar-refractivity contribution is 7.16. The monoisotopic (exact) mass is 485 g/mol. The molecular weight excluding hydrogens is 458 g/mol. The summed E-state index contributed by atoms with van der Waals surface area (Å²) in [5, 5.41) is 14.1. The third-order valence-corrected chi connectivity index (χ3v) is 7.05. The van der Waals surface area contributed by atoms with E-state index in [1.165, 1.54) is 11.3 Å². The maximum absolute atomic E-state index is 12.7. The highest BCUT2D eigenvalue weighted by Gasteiger charge is 2.26. The lowest BCUT2D eigenvalue weighted by Crippen LogP contribution is -2.27. The Labute approximate surface area is 200 Å². The molecule has 0 unspecified atom stereocenters.